The van der Waals surface area contributed by atoms with E-state index in [-0.39, 0.29) is 18.7 Å². The number of esters is 1. The van der Waals surface area contributed by atoms with E-state index in [0.717, 1.165) is 47.1 Å². The van der Waals surface area contributed by atoms with Gasteiger partial charge in [-0.1, -0.05) is 98.6 Å². The van der Waals surface area contributed by atoms with Crippen LogP contribution in [0.5, 0.6) is 0 Å². The van der Waals surface area contributed by atoms with Crippen LogP contribution in [-0.4, -0.2) is 52.4 Å². The molecule has 240 valence electrons. The average molecular weight is 633 g/mol. The fourth-order valence-corrected chi connectivity index (χ4v) is 5.84. The van der Waals surface area contributed by atoms with Crippen LogP contribution in [0, 0.1) is 0 Å². The zero-order valence-electron chi connectivity index (χ0n) is 26.4. The van der Waals surface area contributed by atoms with E-state index < -0.39 is 17.2 Å². The number of aryl methyl sites for hydroxylation is 2. The number of tetrazole rings is 1. The molecule has 6 rings (SSSR count). The van der Waals surface area contributed by atoms with Crippen molar-refractivity contribution in [1.82, 2.24) is 39.3 Å². The van der Waals surface area contributed by atoms with Crippen molar-refractivity contribution in [3.05, 3.63) is 117 Å². The smallest absolute Gasteiger partial charge is 0.333 e. The predicted octanol–water partition coefficient (Wildman–Crippen LogP) is 4.40. The van der Waals surface area contributed by atoms with Crippen molar-refractivity contribution >= 4 is 17.1 Å². The van der Waals surface area contributed by atoms with Crippen molar-refractivity contribution in [3.63, 3.8) is 0 Å². The second-order valence-electron chi connectivity index (χ2n) is 11.4. The Bertz CT molecular complexity index is 2100. The number of nitrogens with one attached hydrogen (secondary N) is 1. The van der Waals surface area contributed by atoms with Crippen molar-refractivity contribution in [3.8, 4) is 22.5 Å². The van der Waals surface area contributed by atoms with Gasteiger partial charge in [-0.25, -0.2) is 14.9 Å². The largest absolute Gasteiger partial charge is 0.468 e. The number of hydrogen-bond donors (Lipinski definition) is 1. The second-order valence-corrected chi connectivity index (χ2v) is 11.4. The number of fused-ring (bicyclic) bond motifs is 1. The van der Waals surface area contributed by atoms with E-state index in [9.17, 15) is 14.4 Å². The Morgan fingerprint density at radius 3 is 2.28 bits per heavy atom. The molecule has 3 heterocycles. The average Bonchev–Trinajstić information content (AvgIpc) is 3.77. The van der Waals surface area contributed by atoms with Gasteiger partial charge in [0.05, 0.1) is 7.11 Å². The molecule has 3 aromatic carbocycles. The topological polar surface area (TPSA) is 143 Å². The number of methoxy groups -OCH3 is 1. The lowest BCUT2D eigenvalue weighted by Gasteiger charge is -2.13. The van der Waals surface area contributed by atoms with Crippen LogP contribution < -0.4 is 11.2 Å². The number of ether oxygens (including phenoxy) is 1. The molecule has 0 radical (unpaired) electrons. The van der Waals surface area contributed by atoms with Gasteiger partial charge in [0.15, 0.2) is 17.0 Å². The maximum Gasteiger partial charge on any atom is 0.333 e. The molecule has 47 heavy (non-hydrogen) atoms. The Labute approximate surface area is 270 Å². The van der Waals surface area contributed by atoms with Gasteiger partial charge in [-0.05, 0) is 45.5 Å². The third-order valence-electron chi connectivity index (χ3n) is 8.31. The molecule has 12 nitrogen and oxygen atoms in total. The summed E-state index contributed by atoms with van der Waals surface area (Å²) in [4.78, 5) is 45.2. The van der Waals surface area contributed by atoms with Gasteiger partial charge in [-0.3, -0.25) is 18.7 Å². The third-order valence-corrected chi connectivity index (χ3v) is 8.31. The molecule has 12 heteroatoms. The minimum absolute atomic E-state index is 0.157. The molecule has 0 fully saturated rings. The third kappa shape index (κ3) is 6.67. The Kier molecular flexibility index (Phi) is 9.46. The summed E-state index contributed by atoms with van der Waals surface area (Å²) in [6, 6.07) is 25.6. The SMILES string of the molecule is CCCCCc1nc2c(c(=O)n(CCc3ccccc3)c(=O)n2CC(=O)OC)n1Cc1ccc(-c2ccccc2-c2nnn[nH]2)cc1. The van der Waals surface area contributed by atoms with Crippen LogP contribution >= 0.6 is 0 Å². The number of H-pyrrole nitrogens is 1. The fraction of sp³-hybridized carbons (Fsp3) is 0.286. The molecule has 0 unspecified atom stereocenters. The van der Waals surface area contributed by atoms with Crippen LogP contribution in [0.25, 0.3) is 33.7 Å². The standard InChI is InChI=1S/C35H36N8O4/c1-3-4-6-15-29-36-33-31(34(45)41(21-20-24-11-7-5-8-12-24)35(46)43(33)23-30(44)47-2)42(29)22-25-16-18-26(19-17-25)27-13-9-10-14-28(27)32-37-39-40-38-32/h5,7-14,16-19H,3-4,6,15,20-23H2,1-2H3,(H,37,38,39,40). The summed E-state index contributed by atoms with van der Waals surface area (Å²) in [5.41, 5.74) is 4.25. The van der Waals surface area contributed by atoms with E-state index in [1.54, 1.807) is 0 Å². The number of carbonyl (C=O) groups excluding carboxylic acids is 1. The van der Waals surface area contributed by atoms with Crippen molar-refractivity contribution in [1.29, 1.82) is 0 Å². The van der Waals surface area contributed by atoms with Crippen molar-refractivity contribution in [2.24, 2.45) is 0 Å². The summed E-state index contributed by atoms with van der Waals surface area (Å²) in [5, 5.41) is 14.3. The number of hydrogen-bond acceptors (Lipinski definition) is 8. The molecule has 0 aliphatic heterocycles. The van der Waals surface area contributed by atoms with Crippen molar-refractivity contribution < 1.29 is 9.53 Å². The molecule has 3 aromatic heterocycles. The lowest BCUT2D eigenvalue weighted by molar-refractivity contribution is -0.141. The zero-order chi connectivity index (χ0) is 32.8. The van der Waals surface area contributed by atoms with Gasteiger partial charge < -0.3 is 9.30 Å². The first kappa shape index (κ1) is 31.3. The van der Waals surface area contributed by atoms with E-state index in [4.69, 9.17) is 9.72 Å². The van der Waals surface area contributed by atoms with Crippen LogP contribution in [0.4, 0.5) is 0 Å². The Balaban J connectivity index is 1.43. The summed E-state index contributed by atoms with van der Waals surface area (Å²) < 4.78 is 9.30. The predicted molar refractivity (Wildman–Crippen MR) is 178 cm³/mol. The van der Waals surface area contributed by atoms with E-state index in [1.165, 1.54) is 16.2 Å². The Hall–Kier alpha value is -5.65. The highest BCUT2D eigenvalue weighted by molar-refractivity contribution is 5.80. The lowest BCUT2D eigenvalue weighted by atomic mass is 9.98. The quantitative estimate of drug-likeness (QED) is 0.146. The van der Waals surface area contributed by atoms with Gasteiger partial charge in [0.1, 0.15) is 12.4 Å². The number of imidazole rings is 1. The summed E-state index contributed by atoms with van der Waals surface area (Å²) in [6.45, 7) is 2.29. The van der Waals surface area contributed by atoms with Gasteiger partial charge in [0.25, 0.3) is 5.56 Å². The number of rotatable bonds is 13. The highest BCUT2D eigenvalue weighted by atomic mass is 16.5. The minimum Gasteiger partial charge on any atom is -0.468 e. The monoisotopic (exact) mass is 632 g/mol. The number of unbranched alkanes of at least 4 members (excludes halogenated alkanes) is 2. The summed E-state index contributed by atoms with van der Waals surface area (Å²) >= 11 is 0. The summed E-state index contributed by atoms with van der Waals surface area (Å²) in [7, 11) is 1.27. The Morgan fingerprint density at radius 1 is 0.830 bits per heavy atom. The van der Waals surface area contributed by atoms with E-state index in [0.29, 0.717) is 36.6 Å². The first-order chi connectivity index (χ1) is 23.0. The van der Waals surface area contributed by atoms with Crippen molar-refractivity contribution in [2.75, 3.05) is 7.11 Å². The number of nitrogens with zero attached hydrogens (tertiary/aromatic N) is 7. The molecule has 0 amide bonds. The molecule has 0 atom stereocenters. The highest BCUT2D eigenvalue weighted by Gasteiger charge is 2.23. The Morgan fingerprint density at radius 2 is 1.57 bits per heavy atom. The van der Waals surface area contributed by atoms with Crippen molar-refractivity contribution in [2.45, 2.75) is 58.7 Å². The highest BCUT2D eigenvalue weighted by Crippen LogP contribution is 2.30. The molecule has 0 bridgehead atoms. The molecular formula is C35H36N8O4. The summed E-state index contributed by atoms with van der Waals surface area (Å²) in [5.74, 6) is 0.671. The van der Waals surface area contributed by atoms with E-state index >= 15 is 0 Å². The van der Waals surface area contributed by atoms with Gasteiger partial charge in [0, 0.05) is 25.1 Å². The molecule has 0 spiro atoms. The molecule has 6 aromatic rings. The van der Waals surface area contributed by atoms with Gasteiger partial charge in [0.2, 0.25) is 0 Å². The van der Waals surface area contributed by atoms with Gasteiger partial charge >= 0.3 is 11.7 Å². The van der Waals surface area contributed by atoms with Crippen LogP contribution in [-0.2, 0) is 42.0 Å². The van der Waals surface area contributed by atoms with Crippen LogP contribution in [0.15, 0.2) is 88.5 Å². The maximum atomic E-state index is 14.2. The van der Waals surface area contributed by atoms with E-state index in [1.807, 2.05) is 83.4 Å². The molecule has 0 aliphatic carbocycles. The molecule has 0 aliphatic rings. The molecular weight excluding hydrogens is 596 g/mol. The molecule has 0 saturated carbocycles. The van der Waals surface area contributed by atoms with Gasteiger partial charge in [-0.2, -0.15) is 0 Å². The number of aromatic nitrogens is 8. The minimum atomic E-state index is -0.597. The molecule has 0 saturated heterocycles. The maximum absolute atomic E-state index is 14.2. The second kappa shape index (κ2) is 14.2. The lowest BCUT2D eigenvalue weighted by Crippen LogP contribution is -2.42. The number of carbonyl (C=O) groups is 1. The van der Waals surface area contributed by atoms with Gasteiger partial charge in [-0.15, -0.1) is 5.10 Å². The zero-order valence-corrected chi connectivity index (χ0v) is 26.4. The van der Waals surface area contributed by atoms with Crippen LogP contribution in [0.1, 0.15) is 43.1 Å². The number of benzene rings is 3. The van der Waals surface area contributed by atoms with Crippen LogP contribution in [0.3, 0.4) is 0 Å². The van der Waals surface area contributed by atoms with E-state index in [2.05, 4.69) is 27.5 Å². The summed E-state index contributed by atoms with van der Waals surface area (Å²) in [6.07, 6.45) is 3.98. The first-order valence-electron chi connectivity index (χ1n) is 15.7. The first-order valence-corrected chi connectivity index (χ1v) is 15.7. The fourth-order valence-electron chi connectivity index (χ4n) is 5.84. The van der Waals surface area contributed by atoms with Crippen LogP contribution in [0.2, 0.25) is 0 Å². The number of aromatic amines is 1. The normalized spacial score (nSPS) is 11.3. The molecule has 1 N–H and O–H groups in total.